The summed E-state index contributed by atoms with van der Waals surface area (Å²) in [5.41, 5.74) is 0.653. The van der Waals surface area contributed by atoms with Gasteiger partial charge in [-0.15, -0.1) is 0 Å². The third-order valence-corrected chi connectivity index (χ3v) is 4.92. The average molecular weight is 346 g/mol. The molecule has 19 heavy (non-hydrogen) atoms. The van der Waals surface area contributed by atoms with E-state index in [-0.39, 0.29) is 5.91 Å². The van der Waals surface area contributed by atoms with Crippen molar-refractivity contribution in [3.05, 3.63) is 33.3 Å². The highest BCUT2D eigenvalue weighted by Gasteiger charge is 2.33. The first-order valence-electron chi connectivity index (χ1n) is 6.31. The third kappa shape index (κ3) is 3.12. The molecule has 0 saturated carbocycles. The summed E-state index contributed by atoms with van der Waals surface area (Å²) in [5.74, 6) is 0.551. The molecule has 1 saturated heterocycles. The van der Waals surface area contributed by atoms with Gasteiger partial charge < -0.3 is 9.80 Å². The summed E-state index contributed by atoms with van der Waals surface area (Å²) in [5, 5.41) is 0.572. The van der Waals surface area contributed by atoms with E-state index in [4.69, 9.17) is 11.6 Å². The Labute approximate surface area is 127 Å². The zero-order valence-electron chi connectivity index (χ0n) is 11.4. The molecule has 104 valence electrons. The molecule has 1 fully saturated rings. The number of rotatable bonds is 2. The van der Waals surface area contributed by atoms with Crippen LogP contribution in [0.3, 0.4) is 0 Å². The molecule has 3 nitrogen and oxygen atoms in total. The van der Waals surface area contributed by atoms with Crippen molar-refractivity contribution in [2.24, 2.45) is 5.92 Å². The van der Waals surface area contributed by atoms with Gasteiger partial charge in [0.15, 0.2) is 0 Å². The van der Waals surface area contributed by atoms with Gasteiger partial charge in [-0.1, -0.05) is 18.5 Å². The fourth-order valence-electron chi connectivity index (χ4n) is 2.60. The predicted molar refractivity (Wildman–Crippen MR) is 81.7 cm³/mol. The lowest BCUT2D eigenvalue weighted by Gasteiger charge is -2.22. The number of benzene rings is 1. The molecule has 1 aromatic rings. The molecule has 0 spiro atoms. The van der Waals surface area contributed by atoms with Crippen LogP contribution in [0.1, 0.15) is 17.3 Å². The van der Waals surface area contributed by atoms with Gasteiger partial charge in [-0.25, -0.2) is 0 Å². The number of halogens is 2. The van der Waals surface area contributed by atoms with E-state index in [1.54, 1.807) is 6.07 Å². The molecule has 2 rings (SSSR count). The van der Waals surface area contributed by atoms with E-state index in [0.29, 0.717) is 22.5 Å². The molecule has 0 aliphatic carbocycles. The molecule has 1 aliphatic heterocycles. The monoisotopic (exact) mass is 344 g/mol. The maximum Gasteiger partial charge on any atom is 0.253 e. The van der Waals surface area contributed by atoms with E-state index in [0.717, 1.165) is 17.6 Å². The zero-order chi connectivity index (χ0) is 14.2. The highest BCUT2D eigenvalue weighted by molar-refractivity contribution is 9.10. The van der Waals surface area contributed by atoms with E-state index in [1.807, 2.05) is 17.0 Å². The Kier molecular flexibility index (Phi) is 4.54. The number of hydrogen-bond acceptors (Lipinski definition) is 2. The number of likely N-dealkylation sites (tertiary alicyclic amines) is 1. The van der Waals surface area contributed by atoms with Gasteiger partial charge >= 0.3 is 0 Å². The molecule has 2 atom stereocenters. The Morgan fingerprint density at radius 1 is 1.42 bits per heavy atom. The lowest BCUT2D eigenvalue weighted by Crippen LogP contribution is -2.35. The van der Waals surface area contributed by atoms with Crippen LogP contribution in [0.25, 0.3) is 0 Å². The minimum absolute atomic E-state index is 0.0607. The standard InChI is InChI=1S/C14H18BrClN2O/c1-9-7-18(8-13(9)17(2)3)14(19)10-4-5-11(15)12(16)6-10/h4-6,9,13H,7-8H2,1-3H3. The van der Waals surface area contributed by atoms with Crippen molar-refractivity contribution in [3.63, 3.8) is 0 Å². The first-order valence-corrected chi connectivity index (χ1v) is 7.48. The summed E-state index contributed by atoms with van der Waals surface area (Å²) < 4.78 is 0.812. The van der Waals surface area contributed by atoms with Crippen molar-refractivity contribution in [2.45, 2.75) is 13.0 Å². The quantitative estimate of drug-likeness (QED) is 0.822. The smallest absolute Gasteiger partial charge is 0.253 e. The number of likely N-dealkylation sites (N-methyl/N-ethyl adjacent to an activating group) is 1. The molecular formula is C14H18BrClN2O. The summed E-state index contributed by atoms with van der Waals surface area (Å²) in [4.78, 5) is 16.6. The minimum Gasteiger partial charge on any atom is -0.337 e. The van der Waals surface area contributed by atoms with Crippen LogP contribution in [0, 0.1) is 5.92 Å². The van der Waals surface area contributed by atoms with E-state index in [1.165, 1.54) is 0 Å². The molecule has 1 aliphatic rings. The molecule has 2 unspecified atom stereocenters. The maximum atomic E-state index is 12.5. The molecule has 1 heterocycles. The molecule has 1 aromatic carbocycles. The first-order chi connectivity index (χ1) is 8.90. The summed E-state index contributed by atoms with van der Waals surface area (Å²) in [6.45, 7) is 3.77. The first kappa shape index (κ1) is 14.8. The van der Waals surface area contributed by atoms with Crippen LogP contribution in [-0.2, 0) is 0 Å². The second kappa shape index (κ2) is 5.81. The molecule has 5 heteroatoms. The van der Waals surface area contributed by atoms with Gasteiger partial charge in [-0.3, -0.25) is 4.79 Å². The van der Waals surface area contributed by atoms with Gasteiger partial charge in [0, 0.05) is 29.2 Å². The van der Waals surface area contributed by atoms with Gasteiger partial charge in [-0.05, 0) is 54.1 Å². The fraction of sp³-hybridized carbons (Fsp3) is 0.500. The second-order valence-electron chi connectivity index (χ2n) is 5.35. The van der Waals surface area contributed by atoms with Crippen molar-refractivity contribution in [1.29, 1.82) is 0 Å². The largest absolute Gasteiger partial charge is 0.337 e. The lowest BCUT2D eigenvalue weighted by molar-refractivity contribution is 0.0781. The van der Waals surface area contributed by atoms with Crippen LogP contribution < -0.4 is 0 Å². The molecular weight excluding hydrogens is 328 g/mol. The number of nitrogens with zero attached hydrogens (tertiary/aromatic N) is 2. The highest BCUT2D eigenvalue weighted by Crippen LogP contribution is 2.26. The number of hydrogen-bond donors (Lipinski definition) is 0. The normalized spacial score (nSPS) is 23.2. The molecule has 0 aromatic heterocycles. The molecule has 0 radical (unpaired) electrons. The Balaban J connectivity index is 2.15. The lowest BCUT2D eigenvalue weighted by atomic mass is 10.1. The van der Waals surface area contributed by atoms with E-state index in [2.05, 4.69) is 41.8 Å². The number of amides is 1. The average Bonchev–Trinajstić information content (AvgIpc) is 2.74. The summed E-state index contributed by atoms with van der Waals surface area (Å²) >= 11 is 9.38. The van der Waals surface area contributed by atoms with Gasteiger partial charge in [0.25, 0.3) is 5.91 Å². The van der Waals surface area contributed by atoms with E-state index < -0.39 is 0 Å². The molecule has 1 amide bonds. The van der Waals surface area contributed by atoms with Crippen molar-refractivity contribution in [2.75, 3.05) is 27.2 Å². The third-order valence-electron chi connectivity index (χ3n) is 3.69. The van der Waals surface area contributed by atoms with Crippen molar-refractivity contribution in [3.8, 4) is 0 Å². The van der Waals surface area contributed by atoms with Crippen molar-refractivity contribution < 1.29 is 4.79 Å². The van der Waals surface area contributed by atoms with Gasteiger partial charge in [0.05, 0.1) is 5.02 Å². The summed E-state index contributed by atoms with van der Waals surface area (Å²) in [6.07, 6.45) is 0. The van der Waals surface area contributed by atoms with Crippen LogP contribution in [-0.4, -0.2) is 48.9 Å². The molecule has 0 N–H and O–H groups in total. The van der Waals surface area contributed by atoms with E-state index >= 15 is 0 Å². The second-order valence-corrected chi connectivity index (χ2v) is 6.61. The summed E-state index contributed by atoms with van der Waals surface area (Å²) in [7, 11) is 4.12. The maximum absolute atomic E-state index is 12.5. The van der Waals surface area contributed by atoms with Crippen LogP contribution in [0.15, 0.2) is 22.7 Å². The SMILES string of the molecule is CC1CN(C(=O)c2ccc(Br)c(Cl)c2)CC1N(C)C. The topological polar surface area (TPSA) is 23.6 Å². The van der Waals surface area contributed by atoms with Crippen LogP contribution in [0.2, 0.25) is 5.02 Å². The van der Waals surface area contributed by atoms with Crippen LogP contribution in [0.5, 0.6) is 0 Å². The van der Waals surface area contributed by atoms with Gasteiger partial charge in [0.1, 0.15) is 0 Å². The van der Waals surface area contributed by atoms with Gasteiger partial charge in [-0.2, -0.15) is 0 Å². The predicted octanol–water partition coefficient (Wildman–Crippen LogP) is 3.12. The number of carbonyl (C=O) groups is 1. The fourth-order valence-corrected chi connectivity index (χ4v) is 3.03. The van der Waals surface area contributed by atoms with Crippen LogP contribution >= 0.6 is 27.5 Å². The number of carbonyl (C=O) groups excluding carboxylic acids is 1. The van der Waals surface area contributed by atoms with Crippen molar-refractivity contribution in [1.82, 2.24) is 9.80 Å². The zero-order valence-corrected chi connectivity index (χ0v) is 13.7. The van der Waals surface area contributed by atoms with E-state index in [9.17, 15) is 4.79 Å². The Bertz CT molecular complexity index is 492. The highest BCUT2D eigenvalue weighted by atomic mass is 79.9. The summed E-state index contributed by atoms with van der Waals surface area (Å²) in [6, 6.07) is 5.78. The van der Waals surface area contributed by atoms with Gasteiger partial charge in [0.2, 0.25) is 0 Å². The Hall–Kier alpha value is -0.580. The Morgan fingerprint density at radius 2 is 2.11 bits per heavy atom. The molecule has 0 bridgehead atoms. The minimum atomic E-state index is 0.0607. The van der Waals surface area contributed by atoms with Crippen LogP contribution in [0.4, 0.5) is 0 Å². The van der Waals surface area contributed by atoms with Crippen molar-refractivity contribution >= 4 is 33.4 Å². The Morgan fingerprint density at radius 3 is 2.63 bits per heavy atom.